The predicted molar refractivity (Wildman–Crippen MR) is 58.1 cm³/mol. The van der Waals surface area contributed by atoms with Gasteiger partial charge in [-0.15, -0.1) is 0 Å². The van der Waals surface area contributed by atoms with Crippen LogP contribution in [0, 0.1) is 6.92 Å². The number of hydrogen-bond acceptors (Lipinski definition) is 5. The monoisotopic (exact) mass is 233 g/mol. The number of amides is 1. The first-order valence-corrected chi connectivity index (χ1v) is 5.42. The van der Waals surface area contributed by atoms with Gasteiger partial charge in [-0.2, -0.15) is 0 Å². The molecule has 0 radical (unpaired) electrons. The number of hydrogen-bond donors (Lipinski definition) is 0. The van der Waals surface area contributed by atoms with Gasteiger partial charge in [-0.3, -0.25) is 9.63 Å². The zero-order valence-electron chi connectivity index (χ0n) is 9.34. The van der Waals surface area contributed by atoms with Crippen molar-refractivity contribution in [3.63, 3.8) is 0 Å². The van der Waals surface area contributed by atoms with E-state index in [4.69, 9.17) is 9.36 Å². The number of pyridine rings is 1. The molecule has 0 aromatic carbocycles. The number of fused-ring (bicyclic) bond motifs is 1. The van der Waals surface area contributed by atoms with E-state index in [1.807, 2.05) is 6.92 Å². The molecule has 0 spiro atoms. The van der Waals surface area contributed by atoms with Crippen molar-refractivity contribution in [2.24, 2.45) is 0 Å². The first-order valence-electron chi connectivity index (χ1n) is 5.42. The highest BCUT2D eigenvalue weighted by atomic mass is 16.7. The van der Waals surface area contributed by atoms with E-state index in [1.165, 1.54) is 11.3 Å². The van der Waals surface area contributed by atoms with Gasteiger partial charge in [-0.25, -0.2) is 10.0 Å². The average Bonchev–Trinajstić information content (AvgIpc) is 2.98. The van der Waals surface area contributed by atoms with Crippen LogP contribution < -0.4 is 0 Å². The zero-order chi connectivity index (χ0) is 11.8. The van der Waals surface area contributed by atoms with Crippen LogP contribution in [0.5, 0.6) is 0 Å². The van der Waals surface area contributed by atoms with Gasteiger partial charge in [0, 0.05) is 6.20 Å². The summed E-state index contributed by atoms with van der Waals surface area (Å²) < 4.78 is 4.99. The van der Waals surface area contributed by atoms with E-state index in [0.717, 1.165) is 17.5 Å². The van der Waals surface area contributed by atoms with Crippen LogP contribution in [0.3, 0.4) is 0 Å². The third kappa shape index (κ3) is 1.66. The Kier molecular flexibility index (Phi) is 2.29. The van der Waals surface area contributed by atoms with E-state index < -0.39 is 0 Å². The van der Waals surface area contributed by atoms with Gasteiger partial charge in [0.15, 0.2) is 0 Å². The van der Waals surface area contributed by atoms with Crippen molar-refractivity contribution in [3.05, 3.63) is 23.5 Å². The summed E-state index contributed by atoms with van der Waals surface area (Å²) >= 11 is 0. The Balaban J connectivity index is 1.99. The maximum absolute atomic E-state index is 12.0. The van der Waals surface area contributed by atoms with Crippen molar-refractivity contribution in [2.45, 2.75) is 13.3 Å². The predicted octanol–water partition coefficient (Wildman–Crippen LogP) is 1.31. The van der Waals surface area contributed by atoms with E-state index in [-0.39, 0.29) is 5.91 Å². The Morgan fingerprint density at radius 2 is 2.41 bits per heavy atom. The molecule has 0 N–H and O–H groups in total. The Bertz CT molecular complexity index is 572. The van der Waals surface area contributed by atoms with Crippen LogP contribution >= 0.6 is 0 Å². The van der Waals surface area contributed by atoms with Gasteiger partial charge in [0.2, 0.25) is 0 Å². The van der Waals surface area contributed by atoms with E-state index >= 15 is 0 Å². The van der Waals surface area contributed by atoms with E-state index in [9.17, 15) is 4.79 Å². The minimum atomic E-state index is -0.169. The van der Waals surface area contributed by atoms with Crippen LogP contribution in [0.4, 0.5) is 0 Å². The van der Waals surface area contributed by atoms with Crippen molar-refractivity contribution < 1.29 is 14.2 Å². The maximum atomic E-state index is 12.0. The standard InChI is InChI=1S/C11H11N3O3/c1-7-9-5-8(6-12-10(9)17-13-7)11(15)14-3-2-4-16-14/h5-6H,2-4H2,1H3. The van der Waals surface area contributed by atoms with Crippen molar-refractivity contribution in [3.8, 4) is 0 Å². The fourth-order valence-corrected chi connectivity index (χ4v) is 1.81. The van der Waals surface area contributed by atoms with Gasteiger partial charge < -0.3 is 4.52 Å². The summed E-state index contributed by atoms with van der Waals surface area (Å²) in [6, 6.07) is 1.73. The van der Waals surface area contributed by atoms with E-state index in [1.54, 1.807) is 6.07 Å². The molecule has 88 valence electrons. The number of nitrogens with zero attached hydrogens (tertiary/aromatic N) is 3. The molecule has 3 heterocycles. The lowest BCUT2D eigenvalue weighted by atomic mass is 10.2. The lowest BCUT2D eigenvalue weighted by Gasteiger charge is -2.13. The number of hydroxylamine groups is 2. The summed E-state index contributed by atoms with van der Waals surface area (Å²) in [6.45, 7) is 3.03. The summed E-state index contributed by atoms with van der Waals surface area (Å²) in [4.78, 5) is 21.3. The molecular weight excluding hydrogens is 222 g/mol. The molecule has 6 nitrogen and oxygen atoms in total. The molecule has 17 heavy (non-hydrogen) atoms. The minimum Gasteiger partial charge on any atom is -0.336 e. The third-order valence-electron chi connectivity index (χ3n) is 2.74. The maximum Gasteiger partial charge on any atom is 0.279 e. The van der Waals surface area contributed by atoms with Crippen LogP contribution in [0.1, 0.15) is 22.5 Å². The molecule has 0 atom stereocenters. The Labute approximate surface area is 97.1 Å². The number of aryl methyl sites for hydroxylation is 1. The Hall–Kier alpha value is -1.95. The number of aromatic nitrogens is 2. The molecule has 0 unspecified atom stereocenters. The highest BCUT2D eigenvalue weighted by Gasteiger charge is 2.22. The number of rotatable bonds is 1. The van der Waals surface area contributed by atoms with Gasteiger partial charge in [-0.05, 0) is 19.4 Å². The van der Waals surface area contributed by atoms with Crippen molar-refractivity contribution in [1.29, 1.82) is 0 Å². The van der Waals surface area contributed by atoms with Crippen LogP contribution in [-0.2, 0) is 4.84 Å². The lowest BCUT2D eigenvalue weighted by Crippen LogP contribution is -2.26. The Morgan fingerprint density at radius 3 is 3.18 bits per heavy atom. The van der Waals surface area contributed by atoms with E-state index in [2.05, 4.69) is 10.1 Å². The first-order chi connectivity index (χ1) is 8.25. The van der Waals surface area contributed by atoms with Crippen molar-refractivity contribution >= 4 is 17.0 Å². The topological polar surface area (TPSA) is 68.5 Å². The molecule has 0 saturated carbocycles. The summed E-state index contributed by atoms with van der Waals surface area (Å²) in [5.74, 6) is -0.169. The molecule has 1 fully saturated rings. The molecular formula is C11H11N3O3. The SMILES string of the molecule is Cc1noc2ncc(C(=O)N3CCCO3)cc12. The Morgan fingerprint density at radius 1 is 1.53 bits per heavy atom. The minimum absolute atomic E-state index is 0.169. The second-order valence-electron chi connectivity index (χ2n) is 3.94. The molecule has 1 aliphatic rings. The largest absolute Gasteiger partial charge is 0.336 e. The molecule has 2 aromatic heterocycles. The summed E-state index contributed by atoms with van der Waals surface area (Å²) in [6.07, 6.45) is 2.35. The van der Waals surface area contributed by atoms with Crippen LogP contribution in [0.2, 0.25) is 0 Å². The molecule has 0 aliphatic carbocycles. The molecule has 1 aliphatic heterocycles. The molecule has 3 rings (SSSR count). The molecule has 2 aromatic rings. The van der Waals surface area contributed by atoms with Crippen LogP contribution in [0.15, 0.2) is 16.8 Å². The van der Waals surface area contributed by atoms with Gasteiger partial charge in [-0.1, -0.05) is 5.16 Å². The smallest absolute Gasteiger partial charge is 0.279 e. The summed E-state index contributed by atoms with van der Waals surface area (Å²) in [5, 5.41) is 5.93. The molecule has 6 heteroatoms. The van der Waals surface area contributed by atoms with Gasteiger partial charge >= 0.3 is 0 Å². The second kappa shape index (κ2) is 3.81. The first kappa shape index (κ1) is 10.2. The van der Waals surface area contributed by atoms with Crippen LogP contribution in [-0.4, -0.2) is 34.3 Å². The van der Waals surface area contributed by atoms with Gasteiger partial charge in [0.05, 0.1) is 29.8 Å². The summed E-state index contributed by atoms with van der Waals surface area (Å²) in [5.41, 5.74) is 1.66. The normalized spacial score (nSPS) is 15.7. The van der Waals surface area contributed by atoms with Crippen LogP contribution in [0.25, 0.3) is 11.1 Å². The van der Waals surface area contributed by atoms with Crippen molar-refractivity contribution in [2.75, 3.05) is 13.2 Å². The van der Waals surface area contributed by atoms with Gasteiger partial charge in [0.25, 0.3) is 11.6 Å². The quantitative estimate of drug-likeness (QED) is 0.742. The fraction of sp³-hybridized carbons (Fsp3) is 0.364. The highest BCUT2D eigenvalue weighted by molar-refractivity contribution is 5.96. The summed E-state index contributed by atoms with van der Waals surface area (Å²) in [7, 11) is 0. The zero-order valence-corrected chi connectivity index (χ0v) is 9.34. The highest BCUT2D eigenvalue weighted by Crippen LogP contribution is 2.18. The van der Waals surface area contributed by atoms with E-state index in [0.29, 0.717) is 24.4 Å². The number of carbonyl (C=O) groups is 1. The molecule has 1 saturated heterocycles. The van der Waals surface area contributed by atoms with Gasteiger partial charge in [0.1, 0.15) is 0 Å². The average molecular weight is 233 g/mol. The second-order valence-corrected chi connectivity index (χ2v) is 3.94. The fourth-order valence-electron chi connectivity index (χ4n) is 1.81. The third-order valence-corrected chi connectivity index (χ3v) is 2.74. The molecule has 0 bridgehead atoms. The molecule has 1 amide bonds. The number of carbonyl (C=O) groups excluding carboxylic acids is 1. The van der Waals surface area contributed by atoms with Crippen molar-refractivity contribution in [1.82, 2.24) is 15.2 Å². The lowest BCUT2D eigenvalue weighted by molar-refractivity contribution is -0.0768.